The maximum Gasteiger partial charge on any atom is 0.333 e. The number of hydrogen-bond donors (Lipinski definition) is 0. The lowest BCUT2D eigenvalue weighted by Crippen LogP contribution is -2.17. The van der Waals surface area contributed by atoms with E-state index in [1.165, 1.54) is 6.08 Å². The molecule has 0 aliphatic carbocycles. The van der Waals surface area contributed by atoms with Gasteiger partial charge < -0.3 is 4.74 Å². The van der Waals surface area contributed by atoms with Crippen molar-refractivity contribution in [1.29, 1.82) is 0 Å². The minimum Gasteiger partial charge on any atom is -0.460 e. The zero-order chi connectivity index (χ0) is 12.4. The van der Waals surface area contributed by atoms with Crippen molar-refractivity contribution in [2.24, 2.45) is 4.99 Å². The molecule has 0 N–H and O–H groups in total. The molecule has 0 rings (SSSR count). The molecule has 0 saturated carbocycles. The first-order chi connectivity index (χ1) is 7.61. The molecule has 0 aliphatic heterocycles. The predicted molar refractivity (Wildman–Crippen MR) is 61.8 cm³/mol. The smallest absolute Gasteiger partial charge is 0.333 e. The summed E-state index contributed by atoms with van der Waals surface area (Å²) < 4.78 is 4.94. The van der Waals surface area contributed by atoms with Crippen molar-refractivity contribution in [3.05, 3.63) is 12.2 Å². The normalized spacial score (nSPS) is 11.4. The van der Waals surface area contributed by atoms with Crippen molar-refractivity contribution in [1.82, 2.24) is 0 Å². The van der Waals surface area contributed by atoms with Gasteiger partial charge in [-0.15, -0.1) is 0 Å². The van der Waals surface area contributed by atoms with Gasteiger partial charge >= 0.3 is 5.97 Å². The van der Waals surface area contributed by atoms with Crippen LogP contribution in [0.3, 0.4) is 0 Å². The van der Waals surface area contributed by atoms with Crippen LogP contribution in [0, 0.1) is 0 Å². The van der Waals surface area contributed by atoms with Gasteiger partial charge in [0.15, 0.2) is 0 Å². The Morgan fingerprint density at radius 1 is 1.50 bits per heavy atom. The molecule has 0 fully saturated rings. The third kappa shape index (κ3) is 6.96. The molecule has 0 heterocycles. The lowest BCUT2D eigenvalue weighted by molar-refractivity contribution is -0.139. The Morgan fingerprint density at radius 3 is 2.69 bits per heavy atom. The number of carbonyl (C=O) groups excluding carboxylic acids is 2. The molecule has 0 amide bonds. The molecule has 90 valence electrons. The predicted octanol–water partition coefficient (Wildman–Crippen LogP) is 2.39. The molecule has 1 unspecified atom stereocenters. The Hall–Kier alpha value is -1.41. The van der Waals surface area contributed by atoms with E-state index in [4.69, 9.17) is 4.74 Å². The number of aliphatic imine (C=N–C) groups is 1. The molecular weight excluding hydrogens is 206 g/mol. The van der Waals surface area contributed by atoms with Crippen molar-refractivity contribution in [3.8, 4) is 0 Å². The summed E-state index contributed by atoms with van der Waals surface area (Å²) in [6, 6.07) is -0.271. The number of esters is 1. The average Bonchev–Trinajstić information content (AvgIpc) is 2.25. The number of hydrogen-bond acceptors (Lipinski definition) is 4. The van der Waals surface area contributed by atoms with Crippen LogP contribution in [0.1, 0.15) is 39.5 Å². The molecule has 0 aromatic rings. The quantitative estimate of drug-likeness (QED) is 0.209. The number of carbonyl (C=O) groups is 1. The van der Waals surface area contributed by atoms with Gasteiger partial charge in [-0.2, -0.15) is 4.99 Å². The van der Waals surface area contributed by atoms with E-state index in [-0.39, 0.29) is 12.6 Å². The Bertz CT molecular complexity index is 280. The second kappa shape index (κ2) is 8.86. The SMILES string of the molecule is C=C(C)C(=O)OCC(CCCCC)N=C=O. The summed E-state index contributed by atoms with van der Waals surface area (Å²) in [5, 5.41) is 0. The molecule has 4 heteroatoms. The second-order valence-electron chi connectivity index (χ2n) is 3.75. The molecule has 16 heavy (non-hydrogen) atoms. The summed E-state index contributed by atoms with van der Waals surface area (Å²) in [5.41, 5.74) is 0.349. The van der Waals surface area contributed by atoms with Crippen LogP contribution in [-0.4, -0.2) is 24.7 Å². The Kier molecular flexibility index (Phi) is 8.08. The summed E-state index contributed by atoms with van der Waals surface area (Å²) >= 11 is 0. The highest BCUT2D eigenvalue weighted by atomic mass is 16.5. The topological polar surface area (TPSA) is 55.7 Å². The largest absolute Gasteiger partial charge is 0.460 e. The molecular formula is C12H19NO3. The van der Waals surface area contributed by atoms with E-state index in [1.54, 1.807) is 6.92 Å². The van der Waals surface area contributed by atoms with Crippen molar-refractivity contribution >= 4 is 12.0 Å². The molecule has 0 aromatic heterocycles. The van der Waals surface area contributed by atoms with Gasteiger partial charge in [0.05, 0.1) is 6.04 Å². The first kappa shape index (κ1) is 14.6. The zero-order valence-electron chi connectivity index (χ0n) is 9.99. The summed E-state index contributed by atoms with van der Waals surface area (Å²) in [7, 11) is 0. The van der Waals surface area contributed by atoms with Gasteiger partial charge in [-0.25, -0.2) is 9.59 Å². The maximum absolute atomic E-state index is 11.1. The van der Waals surface area contributed by atoms with E-state index in [2.05, 4.69) is 18.5 Å². The van der Waals surface area contributed by atoms with E-state index in [0.717, 1.165) is 25.7 Å². The first-order valence-corrected chi connectivity index (χ1v) is 5.51. The number of unbranched alkanes of at least 4 members (excludes halogenated alkanes) is 2. The highest BCUT2D eigenvalue weighted by Gasteiger charge is 2.10. The third-order valence-corrected chi connectivity index (χ3v) is 2.13. The number of rotatable bonds is 8. The van der Waals surface area contributed by atoms with Crippen LogP contribution < -0.4 is 0 Å². The Labute approximate surface area is 96.4 Å². The molecule has 1 atom stereocenters. The van der Waals surface area contributed by atoms with E-state index in [1.807, 2.05) is 0 Å². The van der Waals surface area contributed by atoms with Crippen LogP contribution >= 0.6 is 0 Å². The standard InChI is InChI=1S/C12H19NO3/c1-4-5-6-7-11(13-9-14)8-16-12(15)10(2)3/h11H,2,4-8H2,1,3H3. The van der Waals surface area contributed by atoms with Gasteiger partial charge in [0.2, 0.25) is 6.08 Å². The first-order valence-electron chi connectivity index (χ1n) is 5.51. The maximum atomic E-state index is 11.1. The molecule has 4 nitrogen and oxygen atoms in total. The summed E-state index contributed by atoms with van der Waals surface area (Å²) in [5.74, 6) is -0.443. The van der Waals surface area contributed by atoms with Crippen LogP contribution in [0.4, 0.5) is 0 Å². The van der Waals surface area contributed by atoms with E-state index in [0.29, 0.717) is 5.57 Å². The second-order valence-corrected chi connectivity index (χ2v) is 3.75. The van der Waals surface area contributed by atoms with E-state index < -0.39 is 5.97 Å². The Balaban J connectivity index is 3.98. The van der Waals surface area contributed by atoms with Crippen molar-refractivity contribution in [2.45, 2.75) is 45.6 Å². The van der Waals surface area contributed by atoms with Gasteiger partial charge in [-0.3, -0.25) is 0 Å². The summed E-state index contributed by atoms with van der Waals surface area (Å²) in [6.45, 7) is 7.28. The van der Waals surface area contributed by atoms with Gasteiger partial charge in [0.25, 0.3) is 0 Å². The monoisotopic (exact) mass is 225 g/mol. The van der Waals surface area contributed by atoms with Crippen LogP contribution in [0.5, 0.6) is 0 Å². The van der Waals surface area contributed by atoms with Gasteiger partial charge in [-0.05, 0) is 13.3 Å². The van der Waals surface area contributed by atoms with Crippen LogP contribution in [0.15, 0.2) is 17.1 Å². The fourth-order valence-electron chi connectivity index (χ4n) is 1.18. The van der Waals surface area contributed by atoms with Crippen LogP contribution in [0.25, 0.3) is 0 Å². The molecule has 0 aromatic carbocycles. The highest BCUT2D eigenvalue weighted by molar-refractivity contribution is 5.86. The van der Waals surface area contributed by atoms with Crippen molar-refractivity contribution in [3.63, 3.8) is 0 Å². The molecule has 0 saturated heterocycles. The van der Waals surface area contributed by atoms with E-state index in [9.17, 15) is 9.59 Å². The molecule has 0 radical (unpaired) electrons. The van der Waals surface area contributed by atoms with E-state index >= 15 is 0 Å². The van der Waals surface area contributed by atoms with Gasteiger partial charge in [0.1, 0.15) is 6.61 Å². The van der Waals surface area contributed by atoms with Crippen molar-refractivity contribution in [2.75, 3.05) is 6.61 Å². The Morgan fingerprint density at radius 2 is 2.19 bits per heavy atom. The lowest BCUT2D eigenvalue weighted by atomic mass is 10.1. The number of ether oxygens (including phenoxy) is 1. The fraction of sp³-hybridized carbons (Fsp3) is 0.667. The fourth-order valence-corrected chi connectivity index (χ4v) is 1.18. The van der Waals surface area contributed by atoms with Crippen LogP contribution in [-0.2, 0) is 14.3 Å². The average molecular weight is 225 g/mol. The molecule has 0 aliphatic rings. The summed E-state index contributed by atoms with van der Waals surface area (Å²) in [4.78, 5) is 24.9. The number of isocyanates is 1. The summed E-state index contributed by atoms with van der Waals surface area (Å²) in [6.07, 6.45) is 5.40. The lowest BCUT2D eigenvalue weighted by Gasteiger charge is -2.10. The minimum absolute atomic E-state index is 0.130. The zero-order valence-corrected chi connectivity index (χ0v) is 9.99. The van der Waals surface area contributed by atoms with Crippen molar-refractivity contribution < 1.29 is 14.3 Å². The molecule has 0 bridgehead atoms. The van der Waals surface area contributed by atoms with Gasteiger partial charge in [-0.1, -0.05) is 32.8 Å². The van der Waals surface area contributed by atoms with Gasteiger partial charge in [0, 0.05) is 5.57 Å². The third-order valence-electron chi connectivity index (χ3n) is 2.13. The number of nitrogens with zero attached hydrogens (tertiary/aromatic N) is 1. The van der Waals surface area contributed by atoms with Crippen LogP contribution in [0.2, 0.25) is 0 Å². The minimum atomic E-state index is -0.443. The molecule has 0 spiro atoms. The highest BCUT2D eigenvalue weighted by Crippen LogP contribution is 2.07.